The van der Waals surface area contributed by atoms with Crippen LogP contribution in [0.1, 0.15) is 90.4 Å². The van der Waals surface area contributed by atoms with E-state index in [0.717, 1.165) is 19.5 Å². The average Bonchev–Trinajstić information content (AvgIpc) is 2.70. The van der Waals surface area contributed by atoms with Crippen LogP contribution < -0.4 is 34.7 Å². The smallest absolute Gasteiger partial charge is 0.550 e. The van der Waals surface area contributed by atoms with Crippen LogP contribution in [-0.2, 0) is 4.79 Å². The number of carboxylic acids is 1. The van der Waals surface area contributed by atoms with Crippen molar-refractivity contribution in [3.8, 4) is 0 Å². The van der Waals surface area contributed by atoms with Crippen LogP contribution in [0.15, 0.2) is 17.1 Å². The van der Waals surface area contributed by atoms with Crippen LogP contribution in [0.3, 0.4) is 0 Å². The van der Waals surface area contributed by atoms with Gasteiger partial charge < -0.3 is 14.8 Å². The standard InChI is InChI=1S/C20H36N2.C2H4O2.Na/c1-2-4-6-10-15-20(14-9-5-3-1)22-18-12-8-7-11-16-21-17-13-19-22;1-2(3)4;/h1,3,16,20H,2,4-15,17-19H2;1H3,(H,3,4);/q;;+1/p-1. The number of nitrogens with zero attached hydrogens (tertiary/aromatic N) is 2. The number of aliphatic carboxylic acids is 1. The summed E-state index contributed by atoms with van der Waals surface area (Å²) < 4.78 is 0. The molecule has 5 heteroatoms. The van der Waals surface area contributed by atoms with Gasteiger partial charge in [-0.15, -0.1) is 0 Å². The van der Waals surface area contributed by atoms with Gasteiger partial charge in [-0.3, -0.25) is 4.99 Å². The van der Waals surface area contributed by atoms with Crippen molar-refractivity contribution in [3.05, 3.63) is 12.2 Å². The van der Waals surface area contributed by atoms with Crippen LogP contribution in [0.2, 0.25) is 0 Å². The topological polar surface area (TPSA) is 55.7 Å². The van der Waals surface area contributed by atoms with Gasteiger partial charge in [0.2, 0.25) is 0 Å². The molecule has 0 aromatic heterocycles. The van der Waals surface area contributed by atoms with Gasteiger partial charge >= 0.3 is 29.6 Å². The van der Waals surface area contributed by atoms with Gasteiger partial charge in [-0.1, -0.05) is 31.4 Å². The number of carbonyl (C=O) groups excluding carboxylic acids is 1. The number of aliphatic imine (C=N–C) groups is 1. The van der Waals surface area contributed by atoms with E-state index in [4.69, 9.17) is 9.90 Å². The molecular weight excluding hydrogens is 347 g/mol. The van der Waals surface area contributed by atoms with Gasteiger partial charge in [0.25, 0.3) is 0 Å². The molecule has 4 nitrogen and oxygen atoms in total. The maximum absolute atomic E-state index is 8.89. The summed E-state index contributed by atoms with van der Waals surface area (Å²) in [6, 6.07) is 0.830. The minimum absolute atomic E-state index is 0. The fraction of sp³-hybridized carbons (Fsp3) is 0.818. The third-order valence-corrected chi connectivity index (χ3v) is 5.14. The van der Waals surface area contributed by atoms with E-state index in [2.05, 4.69) is 28.3 Å². The predicted molar refractivity (Wildman–Crippen MR) is 109 cm³/mol. The van der Waals surface area contributed by atoms with Gasteiger partial charge in [-0.05, 0) is 83.9 Å². The quantitative estimate of drug-likeness (QED) is 0.502. The van der Waals surface area contributed by atoms with Crippen molar-refractivity contribution in [3.63, 3.8) is 0 Å². The minimum Gasteiger partial charge on any atom is -0.550 e. The van der Waals surface area contributed by atoms with Gasteiger partial charge in [-0.2, -0.15) is 0 Å². The summed E-state index contributed by atoms with van der Waals surface area (Å²) in [5, 5.41) is 8.89. The summed E-state index contributed by atoms with van der Waals surface area (Å²) in [4.78, 5) is 16.3. The second kappa shape index (κ2) is 19.2. The van der Waals surface area contributed by atoms with Gasteiger partial charge in [-0.25, -0.2) is 0 Å². The summed E-state index contributed by atoms with van der Waals surface area (Å²) >= 11 is 0. The molecule has 0 N–H and O–H groups in total. The molecule has 0 aromatic carbocycles. The van der Waals surface area contributed by atoms with Crippen molar-refractivity contribution < 1.29 is 39.5 Å². The number of allylic oxidation sites excluding steroid dienone is 2. The molecule has 1 heterocycles. The number of hydrogen-bond donors (Lipinski definition) is 0. The zero-order chi connectivity index (χ0) is 18.9. The molecule has 0 bridgehead atoms. The van der Waals surface area contributed by atoms with E-state index in [-0.39, 0.29) is 29.6 Å². The van der Waals surface area contributed by atoms with Crippen LogP contribution in [0.25, 0.3) is 0 Å². The molecule has 1 aliphatic carbocycles. The Morgan fingerprint density at radius 1 is 0.889 bits per heavy atom. The zero-order valence-corrected chi connectivity index (χ0v) is 19.8. The normalized spacial score (nSPS) is 23.5. The van der Waals surface area contributed by atoms with Crippen molar-refractivity contribution in [2.45, 2.75) is 96.4 Å². The van der Waals surface area contributed by atoms with Crippen molar-refractivity contribution in [2.75, 3.05) is 19.6 Å². The summed E-state index contributed by atoms with van der Waals surface area (Å²) in [6.07, 6.45) is 24.5. The van der Waals surface area contributed by atoms with Gasteiger partial charge in [0.1, 0.15) is 0 Å². The molecule has 1 unspecified atom stereocenters. The molecular formula is C22H39N2NaO2. The van der Waals surface area contributed by atoms with Crippen molar-refractivity contribution in [1.29, 1.82) is 0 Å². The van der Waals surface area contributed by atoms with Crippen LogP contribution >= 0.6 is 0 Å². The molecule has 0 spiro atoms. The molecule has 0 amide bonds. The van der Waals surface area contributed by atoms with E-state index in [9.17, 15) is 0 Å². The number of rotatable bonds is 1. The molecule has 2 aliphatic rings. The first-order chi connectivity index (χ1) is 12.7. The molecule has 150 valence electrons. The van der Waals surface area contributed by atoms with Crippen LogP contribution in [0, 0.1) is 0 Å². The van der Waals surface area contributed by atoms with E-state index < -0.39 is 5.97 Å². The molecule has 2 rings (SSSR count). The second-order valence-electron chi connectivity index (χ2n) is 7.51. The van der Waals surface area contributed by atoms with Gasteiger partial charge in [0, 0.05) is 25.1 Å². The molecule has 0 saturated carbocycles. The van der Waals surface area contributed by atoms with Crippen LogP contribution in [0.5, 0.6) is 0 Å². The summed E-state index contributed by atoms with van der Waals surface area (Å²) in [5.74, 6) is -1.08. The SMILES string of the molecule is C1=CCCCC(N2CCCCCC=NCCC2)CCCCC1.CC(=O)[O-].[Na+]. The van der Waals surface area contributed by atoms with E-state index in [0.29, 0.717) is 0 Å². The largest absolute Gasteiger partial charge is 1.00 e. The Balaban J connectivity index is 0.00000123. The zero-order valence-electron chi connectivity index (χ0n) is 17.8. The van der Waals surface area contributed by atoms with E-state index in [1.807, 2.05) is 0 Å². The molecule has 0 fully saturated rings. The van der Waals surface area contributed by atoms with E-state index in [1.165, 1.54) is 96.6 Å². The first-order valence-corrected chi connectivity index (χ1v) is 10.7. The Morgan fingerprint density at radius 2 is 1.48 bits per heavy atom. The van der Waals surface area contributed by atoms with Crippen LogP contribution in [0.4, 0.5) is 0 Å². The predicted octanol–water partition coefficient (Wildman–Crippen LogP) is 1.14. The molecule has 1 aliphatic heterocycles. The van der Waals surface area contributed by atoms with Gasteiger partial charge in [0.05, 0.1) is 0 Å². The average molecular weight is 387 g/mol. The summed E-state index contributed by atoms with van der Waals surface area (Å²) in [6.45, 7) is 4.59. The van der Waals surface area contributed by atoms with Crippen molar-refractivity contribution in [1.82, 2.24) is 4.90 Å². The third kappa shape index (κ3) is 16.5. The Hall–Kier alpha value is -0.160. The van der Waals surface area contributed by atoms with Gasteiger partial charge in [0.15, 0.2) is 0 Å². The first kappa shape index (κ1) is 26.8. The van der Waals surface area contributed by atoms with Crippen molar-refractivity contribution in [2.24, 2.45) is 4.99 Å². The molecule has 0 saturated heterocycles. The first-order valence-electron chi connectivity index (χ1n) is 10.7. The number of carboxylic acid groups (broad SMARTS) is 1. The fourth-order valence-corrected chi connectivity index (χ4v) is 3.79. The van der Waals surface area contributed by atoms with Crippen molar-refractivity contribution >= 4 is 12.2 Å². The number of carbonyl (C=O) groups is 1. The summed E-state index contributed by atoms with van der Waals surface area (Å²) in [5.41, 5.74) is 0. The monoisotopic (exact) mass is 386 g/mol. The van der Waals surface area contributed by atoms with E-state index in [1.54, 1.807) is 0 Å². The maximum atomic E-state index is 8.89. The summed E-state index contributed by atoms with van der Waals surface area (Å²) in [7, 11) is 0. The molecule has 27 heavy (non-hydrogen) atoms. The minimum atomic E-state index is -1.08. The third-order valence-electron chi connectivity index (χ3n) is 5.14. The Bertz CT molecular complexity index is 377. The fourth-order valence-electron chi connectivity index (χ4n) is 3.79. The maximum Gasteiger partial charge on any atom is 1.00 e. The number of hydrogen-bond acceptors (Lipinski definition) is 4. The molecule has 1 atom stereocenters. The van der Waals surface area contributed by atoms with E-state index >= 15 is 0 Å². The second-order valence-corrected chi connectivity index (χ2v) is 7.51. The Morgan fingerprint density at radius 3 is 2.26 bits per heavy atom. The molecule has 0 aromatic rings. The Kier molecular flexibility index (Phi) is 19.1. The molecule has 0 radical (unpaired) electrons. The van der Waals surface area contributed by atoms with Crippen LogP contribution in [-0.4, -0.2) is 42.8 Å². The Labute approximate surface area is 189 Å².